The summed E-state index contributed by atoms with van der Waals surface area (Å²) in [4.78, 5) is 8.36. The van der Waals surface area contributed by atoms with Gasteiger partial charge in [0.15, 0.2) is 0 Å². The Morgan fingerprint density at radius 1 is 1.60 bits per heavy atom. The van der Waals surface area contributed by atoms with Gasteiger partial charge in [0, 0.05) is 0 Å². The lowest BCUT2D eigenvalue weighted by atomic mass is 10.4. The molecular formula is C6H12O4. The Balaban J connectivity index is 0.000000236. The first-order valence-electron chi connectivity index (χ1n) is 3.08. The van der Waals surface area contributed by atoms with E-state index in [9.17, 15) is 0 Å². The first-order valence-corrected chi connectivity index (χ1v) is 3.08. The highest BCUT2D eigenvalue weighted by Gasteiger charge is 2.06. The fraction of sp³-hybridized carbons (Fsp3) is 0.833. The lowest BCUT2D eigenvalue weighted by Crippen LogP contribution is -2.25. The van der Waals surface area contributed by atoms with Crippen LogP contribution in [0.5, 0.6) is 0 Å². The number of carbonyl (C=O) groups is 1. The lowest BCUT2D eigenvalue weighted by molar-refractivity contribution is -0.122. The maximum absolute atomic E-state index is 8.36. The molecule has 0 aromatic heterocycles. The zero-order valence-electron chi connectivity index (χ0n) is 5.95. The molecular weight excluding hydrogens is 136 g/mol. The fourth-order valence-electron chi connectivity index (χ4n) is 0.606. The highest BCUT2D eigenvalue weighted by molar-refractivity contribution is 5.32. The van der Waals surface area contributed by atoms with Gasteiger partial charge in [0.05, 0.1) is 25.9 Å². The van der Waals surface area contributed by atoms with Crippen molar-refractivity contribution in [3.05, 3.63) is 0 Å². The molecule has 0 bridgehead atoms. The van der Waals surface area contributed by atoms with Crippen molar-refractivity contribution in [2.24, 2.45) is 0 Å². The summed E-state index contributed by atoms with van der Waals surface area (Å²) in [5, 5.41) is 6.89. The molecule has 1 atom stereocenters. The minimum atomic E-state index is -0.250. The second-order valence-corrected chi connectivity index (χ2v) is 1.86. The molecule has 0 aromatic carbocycles. The van der Waals surface area contributed by atoms with Gasteiger partial charge in [-0.3, -0.25) is 4.79 Å². The van der Waals surface area contributed by atoms with E-state index in [2.05, 4.69) is 0 Å². The van der Waals surface area contributed by atoms with E-state index in [1.807, 2.05) is 6.92 Å². The predicted molar refractivity (Wildman–Crippen MR) is 34.9 cm³/mol. The standard InChI is InChI=1S/C5H10O2.CH2O2/c1-5-4-6-2-3-7-5;2-1-3/h5H,2-4H2,1H3;1H,(H,2,3). The van der Waals surface area contributed by atoms with Gasteiger partial charge < -0.3 is 14.6 Å². The van der Waals surface area contributed by atoms with Crippen LogP contribution in [0, 0.1) is 0 Å². The van der Waals surface area contributed by atoms with Crippen LogP contribution in [0.4, 0.5) is 0 Å². The summed E-state index contributed by atoms with van der Waals surface area (Å²) >= 11 is 0. The number of hydrogen-bond donors (Lipinski definition) is 1. The summed E-state index contributed by atoms with van der Waals surface area (Å²) in [6, 6.07) is 0. The van der Waals surface area contributed by atoms with Crippen LogP contribution >= 0.6 is 0 Å². The topological polar surface area (TPSA) is 55.8 Å². The van der Waals surface area contributed by atoms with Gasteiger partial charge in [-0.2, -0.15) is 0 Å². The molecule has 0 aromatic rings. The van der Waals surface area contributed by atoms with Gasteiger partial charge in [-0.05, 0) is 6.92 Å². The van der Waals surface area contributed by atoms with Crippen LogP contribution in [0.2, 0.25) is 0 Å². The molecule has 0 radical (unpaired) electrons. The smallest absolute Gasteiger partial charge is 0.290 e. The van der Waals surface area contributed by atoms with Crippen molar-refractivity contribution in [1.29, 1.82) is 0 Å². The summed E-state index contributed by atoms with van der Waals surface area (Å²) in [5.41, 5.74) is 0. The van der Waals surface area contributed by atoms with Gasteiger partial charge in [-0.1, -0.05) is 0 Å². The maximum atomic E-state index is 8.36. The molecule has 0 amide bonds. The number of hydrogen-bond acceptors (Lipinski definition) is 3. The molecule has 1 rings (SSSR count). The van der Waals surface area contributed by atoms with E-state index in [0.29, 0.717) is 6.10 Å². The third-order valence-corrected chi connectivity index (χ3v) is 0.983. The summed E-state index contributed by atoms with van der Waals surface area (Å²) in [7, 11) is 0. The van der Waals surface area contributed by atoms with E-state index in [-0.39, 0.29) is 6.47 Å². The largest absolute Gasteiger partial charge is 0.483 e. The van der Waals surface area contributed by atoms with Gasteiger partial charge in [-0.15, -0.1) is 0 Å². The normalized spacial score (nSPS) is 24.3. The molecule has 1 fully saturated rings. The summed E-state index contributed by atoms with van der Waals surface area (Å²) in [6.45, 7) is 4.06. The quantitative estimate of drug-likeness (QED) is 0.496. The van der Waals surface area contributed by atoms with Gasteiger partial charge in [0.1, 0.15) is 0 Å². The van der Waals surface area contributed by atoms with Gasteiger partial charge in [0.2, 0.25) is 0 Å². The molecule has 1 aliphatic rings. The Bertz CT molecular complexity index is 77.8. The maximum Gasteiger partial charge on any atom is 0.290 e. The first-order chi connectivity index (χ1) is 4.81. The molecule has 1 aliphatic heterocycles. The monoisotopic (exact) mass is 148 g/mol. The van der Waals surface area contributed by atoms with Crippen LogP contribution in [0.25, 0.3) is 0 Å². The Labute approximate surface area is 59.7 Å². The van der Waals surface area contributed by atoms with E-state index < -0.39 is 0 Å². The Hall–Kier alpha value is -0.610. The van der Waals surface area contributed by atoms with Gasteiger partial charge >= 0.3 is 0 Å². The number of rotatable bonds is 0. The molecule has 1 heterocycles. The molecule has 0 spiro atoms. The predicted octanol–water partition coefficient (Wildman–Crippen LogP) is 0.122. The Morgan fingerprint density at radius 2 is 2.20 bits per heavy atom. The van der Waals surface area contributed by atoms with E-state index in [4.69, 9.17) is 19.4 Å². The summed E-state index contributed by atoms with van der Waals surface area (Å²) < 4.78 is 10.2. The molecule has 1 saturated heterocycles. The summed E-state index contributed by atoms with van der Waals surface area (Å²) in [5.74, 6) is 0. The van der Waals surface area contributed by atoms with E-state index in [1.165, 1.54) is 0 Å². The van der Waals surface area contributed by atoms with Crippen molar-refractivity contribution in [3.8, 4) is 0 Å². The first kappa shape index (κ1) is 9.39. The average Bonchev–Trinajstić information content (AvgIpc) is 1.91. The van der Waals surface area contributed by atoms with Crippen molar-refractivity contribution < 1.29 is 19.4 Å². The average molecular weight is 148 g/mol. The third kappa shape index (κ3) is 5.53. The van der Waals surface area contributed by atoms with Crippen molar-refractivity contribution >= 4 is 6.47 Å². The molecule has 1 unspecified atom stereocenters. The lowest BCUT2D eigenvalue weighted by Gasteiger charge is -2.18. The van der Waals surface area contributed by atoms with Crippen molar-refractivity contribution in [2.75, 3.05) is 19.8 Å². The SMILES string of the molecule is CC1COCCO1.O=CO. The molecule has 1 N–H and O–H groups in total. The number of carboxylic acid groups (broad SMARTS) is 1. The fourth-order valence-corrected chi connectivity index (χ4v) is 0.606. The second-order valence-electron chi connectivity index (χ2n) is 1.86. The van der Waals surface area contributed by atoms with Crippen molar-refractivity contribution in [3.63, 3.8) is 0 Å². The van der Waals surface area contributed by atoms with Crippen molar-refractivity contribution in [1.82, 2.24) is 0 Å². The van der Waals surface area contributed by atoms with Crippen LogP contribution in [-0.4, -0.2) is 37.5 Å². The van der Waals surface area contributed by atoms with Crippen LogP contribution in [0.3, 0.4) is 0 Å². The Morgan fingerprint density at radius 3 is 2.40 bits per heavy atom. The molecule has 0 saturated carbocycles. The molecule has 10 heavy (non-hydrogen) atoms. The van der Waals surface area contributed by atoms with E-state index in [0.717, 1.165) is 19.8 Å². The highest BCUT2D eigenvalue weighted by Crippen LogP contribution is 1.96. The highest BCUT2D eigenvalue weighted by atomic mass is 16.6. The molecule has 4 nitrogen and oxygen atoms in total. The zero-order valence-corrected chi connectivity index (χ0v) is 5.95. The molecule has 4 heteroatoms. The van der Waals surface area contributed by atoms with Crippen molar-refractivity contribution in [2.45, 2.75) is 13.0 Å². The van der Waals surface area contributed by atoms with Crippen LogP contribution in [0.1, 0.15) is 6.92 Å². The van der Waals surface area contributed by atoms with Gasteiger partial charge in [-0.25, -0.2) is 0 Å². The second kappa shape index (κ2) is 6.51. The molecule has 60 valence electrons. The van der Waals surface area contributed by atoms with Gasteiger partial charge in [0.25, 0.3) is 6.47 Å². The van der Waals surface area contributed by atoms with Crippen LogP contribution in [0.15, 0.2) is 0 Å². The minimum absolute atomic E-state index is 0.250. The van der Waals surface area contributed by atoms with E-state index in [1.54, 1.807) is 0 Å². The molecule has 0 aliphatic carbocycles. The zero-order chi connectivity index (χ0) is 7.82. The van der Waals surface area contributed by atoms with E-state index >= 15 is 0 Å². The Kier molecular flexibility index (Phi) is 6.11. The number of ether oxygens (including phenoxy) is 2. The summed E-state index contributed by atoms with van der Waals surface area (Å²) in [6.07, 6.45) is 0.314. The van der Waals surface area contributed by atoms with Crippen LogP contribution in [-0.2, 0) is 14.3 Å². The minimum Gasteiger partial charge on any atom is -0.483 e. The van der Waals surface area contributed by atoms with Crippen LogP contribution < -0.4 is 0 Å². The third-order valence-electron chi connectivity index (χ3n) is 0.983.